The minimum Gasteiger partial charge on any atom is -0.341 e. The molecule has 0 bridgehead atoms. The zero-order chi connectivity index (χ0) is 12.0. The second-order valence-electron chi connectivity index (χ2n) is 4.23. The lowest BCUT2D eigenvalue weighted by molar-refractivity contribution is -0.138. The van der Waals surface area contributed by atoms with Crippen molar-refractivity contribution in [2.24, 2.45) is 5.73 Å². The van der Waals surface area contributed by atoms with Gasteiger partial charge in [-0.3, -0.25) is 9.59 Å². The minimum absolute atomic E-state index is 0.00185. The molecule has 0 saturated carbocycles. The Morgan fingerprint density at radius 3 is 2.50 bits per heavy atom. The maximum absolute atomic E-state index is 11.7. The van der Waals surface area contributed by atoms with Crippen LogP contribution < -0.4 is 5.73 Å². The molecule has 0 atom stereocenters. The standard InChI is InChI=1S/C11H21N3O2/c1-13(10(15)5-4-6-12)9-11(16)14-7-2-3-8-14/h2-9,12H2,1H3. The lowest BCUT2D eigenvalue weighted by atomic mass is 10.3. The Balaban J connectivity index is 2.29. The van der Waals surface area contributed by atoms with Crippen LogP contribution in [0.1, 0.15) is 25.7 Å². The van der Waals surface area contributed by atoms with Gasteiger partial charge < -0.3 is 15.5 Å². The van der Waals surface area contributed by atoms with E-state index < -0.39 is 0 Å². The van der Waals surface area contributed by atoms with Crippen molar-refractivity contribution in [3.05, 3.63) is 0 Å². The highest BCUT2D eigenvalue weighted by Crippen LogP contribution is 2.08. The first kappa shape index (κ1) is 13.0. The lowest BCUT2D eigenvalue weighted by Gasteiger charge is -2.21. The van der Waals surface area contributed by atoms with Crippen LogP contribution in [0.25, 0.3) is 0 Å². The zero-order valence-electron chi connectivity index (χ0n) is 9.95. The van der Waals surface area contributed by atoms with Crippen LogP contribution in [0.3, 0.4) is 0 Å². The van der Waals surface area contributed by atoms with Gasteiger partial charge in [-0.2, -0.15) is 0 Å². The molecule has 0 unspecified atom stereocenters. The van der Waals surface area contributed by atoms with Crippen molar-refractivity contribution >= 4 is 11.8 Å². The summed E-state index contributed by atoms with van der Waals surface area (Å²) in [6, 6.07) is 0. The van der Waals surface area contributed by atoms with E-state index in [1.54, 1.807) is 7.05 Å². The molecule has 16 heavy (non-hydrogen) atoms. The fourth-order valence-corrected chi connectivity index (χ4v) is 1.80. The van der Waals surface area contributed by atoms with Gasteiger partial charge in [0.1, 0.15) is 0 Å². The highest BCUT2D eigenvalue weighted by molar-refractivity contribution is 5.84. The molecular formula is C11H21N3O2. The fourth-order valence-electron chi connectivity index (χ4n) is 1.80. The van der Waals surface area contributed by atoms with Gasteiger partial charge in [-0.1, -0.05) is 0 Å². The summed E-state index contributed by atoms with van der Waals surface area (Å²) in [5.41, 5.74) is 5.33. The molecule has 1 aliphatic heterocycles. The number of nitrogens with zero attached hydrogens (tertiary/aromatic N) is 2. The van der Waals surface area contributed by atoms with Crippen LogP contribution in [0.4, 0.5) is 0 Å². The van der Waals surface area contributed by atoms with Crippen molar-refractivity contribution in [1.29, 1.82) is 0 Å². The molecule has 0 aliphatic carbocycles. The third-order valence-electron chi connectivity index (χ3n) is 2.85. The predicted octanol–water partition coefficient (Wildman–Crippen LogP) is -0.194. The lowest BCUT2D eigenvalue weighted by Crippen LogP contribution is -2.39. The number of carbonyl (C=O) groups excluding carboxylic acids is 2. The molecule has 2 amide bonds. The average molecular weight is 227 g/mol. The minimum atomic E-state index is -0.00185. The van der Waals surface area contributed by atoms with Crippen molar-refractivity contribution in [1.82, 2.24) is 9.80 Å². The molecule has 0 aromatic heterocycles. The van der Waals surface area contributed by atoms with Gasteiger partial charge in [0.25, 0.3) is 0 Å². The van der Waals surface area contributed by atoms with E-state index in [0.29, 0.717) is 19.4 Å². The van der Waals surface area contributed by atoms with E-state index in [1.165, 1.54) is 4.90 Å². The summed E-state index contributed by atoms with van der Waals surface area (Å²) in [5.74, 6) is 0.0547. The second kappa shape index (κ2) is 6.48. The monoisotopic (exact) mass is 227 g/mol. The van der Waals surface area contributed by atoms with Crippen LogP contribution in [0.5, 0.6) is 0 Å². The maximum atomic E-state index is 11.7. The third-order valence-corrected chi connectivity index (χ3v) is 2.85. The summed E-state index contributed by atoms with van der Waals surface area (Å²) in [5, 5.41) is 0. The van der Waals surface area contributed by atoms with Crippen molar-refractivity contribution in [2.75, 3.05) is 33.2 Å². The summed E-state index contributed by atoms with van der Waals surface area (Å²) in [6.45, 7) is 2.39. The first-order chi connectivity index (χ1) is 7.65. The zero-order valence-corrected chi connectivity index (χ0v) is 9.95. The smallest absolute Gasteiger partial charge is 0.242 e. The van der Waals surface area contributed by atoms with Gasteiger partial charge >= 0.3 is 0 Å². The molecule has 0 aromatic rings. The molecule has 5 heteroatoms. The first-order valence-corrected chi connectivity index (χ1v) is 5.87. The largest absolute Gasteiger partial charge is 0.341 e. The predicted molar refractivity (Wildman–Crippen MR) is 61.7 cm³/mol. The Morgan fingerprint density at radius 1 is 1.31 bits per heavy atom. The highest BCUT2D eigenvalue weighted by Gasteiger charge is 2.20. The van der Waals surface area contributed by atoms with Crippen molar-refractivity contribution in [3.8, 4) is 0 Å². The molecule has 0 aromatic carbocycles. The summed E-state index contributed by atoms with van der Waals surface area (Å²) >= 11 is 0. The number of rotatable bonds is 5. The number of amides is 2. The molecule has 5 nitrogen and oxygen atoms in total. The summed E-state index contributed by atoms with van der Waals surface area (Å²) in [7, 11) is 1.67. The molecule has 0 spiro atoms. The van der Waals surface area contributed by atoms with E-state index in [2.05, 4.69) is 0 Å². The Bertz CT molecular complexity index is 250. The quantitative estimate of drug-likeness (QED) is 0.707. The Labute approximate surface area is 96.6 Å². The normalized spacial score (nSPS) is 15.2. The van der Waals surface area contributed by atoms with E-state index in [9.17, 15) is 9.59 Å². The van der Waals surface area contributed by atoms with Gasteiger partial charge in [0.15, 0.2) is 0 Å². The molecule has 2 N–H and O–H groups in total. The van der Waals surface area contributed by atoms with Crippen molar-refractivity contribution in [2.45, 2.75) is 25.7 Å². The molecule has 1 aliphatic rings. The average Bonchev–Trinajstić information content (AvgIpc) is 2.79. The van der Waals surface area contributed by atoms with Crippen LogP contribution >= 0.6 is 0 Å². The van der Waals surface area contributed by atoms with Gasteiger partial charge in [0, 0.05) is 26.6 Å². The Hall–Kier alpha value is -1.10. The van der Waals surface area contributed by atoms with Crippen LogP contribution in [0.15, 0.2) is 0 Å². The number of likely N-dealkylation sites (N-methyl/N-ethyl adjacent to an activating group) is 1. The molecule has 1 fully saturated rings. The summed E-state index contributed by atoms with van der Waals surface area (Å²) < 4.78 is 0. The van der Waals surface area contributed by atoms with Crippen LogP contribution in [0, 0.1) is 0 Å². The summed E-state index contributed by atoms with van der Waals surface area (Å²) in [6.07, 6.45) is 3.27. The molecule has 92 valence electrons. The molecule has 1 heterocycles. The van der Waals surface area contributed by atoms with E-state index >= 15 is 0 Å². The maximum Gasteiger partial charge on any atom is 0.242 e. The number of hydrogen-bond donors (Lipinski definition) is 1. The van der Waals surface area contributed by atoms with E-state index in [0.717, 1.165) is 25.9 Å². The van der Waals surface area contributed by atoms with Gasteiger partial charge in [-0.25, -0.2) is 0 Å². The van der Waals surface area contributed by atoms with E-state index in [4.69, 9.17) is 5.73 Å². The third kappa shape index (κ3) is 3.81. The van der Waals surface area contributed by atoms with Gasteiger partial charge in [-0.15, -0.1) is 0 Å². The van der Waals surface area contributed by atoms with E-state index in [-0.39, 0.29) is 18.4 Å². The number of hydrogen-bond acceptors (Lipinski definition) is 3. The first-order valence-electron chi connectivity index (χ1n) is 5.87. The molecule has 1 rings (SSSR count). The van der Waals surface area contributed by atoms with Crippen molar-refractivity contribution in [3.63, 3.8) is 0 Å². The number of carbonyl (C=O) groups is 2. The molecule has 0 radical (unpaired) electrons. The van der Waals surface area contributed by atoms with Gasteiger partial charge in [0.05, 0.1) is 6.54 Å². The SMILES string of the molecule is CN(CC(=O)N1CCCC1)C(=O)CCCN. The van der Waals surface area contributed by atoms with E-state index in [1.807, 2.05) is 4.90 Å². The number of nitrogens with two attached hydrogens (primary N) is 1. The number of likely N-dealkylation sites (tertiary alicyclic amines) is 1. The van der Waals surface area contributed by atoms with Crippen LogP contribution in [0.2, 0.25) is 0 Å². The van der Waals surface area contributed by atoms with Gasteiger partial charge in [-0.05, 0) is 25.8 Å². The van der Waals surface area contributed by atoms with Crippen LogP contribution in [-0.4, -0.2) is 54.8 Å². The topological polar surface area (TPSA) is 66.6 Å². The second-order valence-corrected chi connectivity index (χ2v) is 4.23. The fraction of sp³-hybridized carbons (Fsp3) is 0.818. The van der Waals surface area contributed by atoms with Crippen LogP contribution in [-0.2, 0) is 9.59 Å². The highest BCUT2D eigenvalue weighted by atomic mass is 16.2. The summed E-state index contributed by atoms with van der Waals surface area (Å²) in [4.78, 5) is 26.6. The van der Waals surface area contributed by atoms with Crippen molar-refractivity contribution < 1.29 is 9.59 Å². The van der Waals surface area contributed by atoms with Gasteiger partial charge in [0.2, 0.25) is 11.8 Å². The Morgan fingerprint density at radius 2 is 1.94 bits per heavy atom. The molecular weight excluding hydrogens is 206 g/mol. The molecule has 1 saturated heterocycles. The Kier molecular flexibility index (Phi) is 5.25.